The number of likely N-dealkylation sites (tertiary alicyclic amines) is 1. The normalized spacial score (nSPS) is 50.0. The van der Waals surface area contributed by atoms with Crippen molar-refractivity contribution in [3.8, 4) is 0 Å². The van der Waals surface area contributed by atoms with Crippen LogP contribution in [0, 0.1) is 34.5 Å². The molecule has 4 bridgehead atoms. The molecule has 1 heteroatoms. The van der Waals surface area contributed by atoms with Gasteiger partial charge in [0.05, 0.1) is 0 Å². The Hall–Kier alpha value is -0.0400. The van der Waals surface area contributed by atoms with Gasteiger partial charge in [0, 0.05) is 13.1 Å². The Labute approximate surface area is 125 Å². The van der Waals surface area contributed by atoms with Crippen LogP contribution in [0.4, 0.5) is 0 Å². The van der Waals surface area contributed by atoms with Gasteiger partial charge in [-0.2, -0.15) is 0 Å². The van der Waals surface area contributed by atoms with Crippen molar-refractivity contribution in [3.05, 3.63) is 0 Å². The van der Waals surface area contributed by atoms with Crippen LogP contribution in [-0.4, -0.2) is 24.5 Å². The van der Waals surface area contributed by atoms with Crippen molar-refractivity contribution in [2.75, 3.05) is 19.6 Å². The van der Waals surface area contributed by atoms with Gasteiger partial charge in [-0.15, -0.1) is 0 Å². The summed E-state index contributed by atoms with van der Waals surface area (Å²) < 4.78 is 0. The molecular formula is C19H33N. The standard InChI is InChI=1S/C19H33N/c1-18(2)17-6-8-19(18,3)13-20(12-17)9-7-16-11-14-4-5-15(16)10-14/h14-17H,4-13H2,1-3H3/t14?,15?,16?,17?,19-/m1/s1. The summed E-state index contributed by atoms with van der Waals surface area (Å²) >= 11 is 0. The molecule has 1 nitrogen and oxygen atoms in total. The third-order valence-electron chi connectivity index (χ3n) is 8.37. The summed E-state index contributed by atoms with van der Waals surface area (Å²) in [7, 11) is 0. The first-order valence-electron chi connectivity index (χ1n) is 9.20. The molecule has 5 atom stereocenters. The zero-order valence-corrected chi connectivity index (χ0v) is 13.8. The molecule has 0 spiro atoms. The van der Waals surface area contributed by atoms with Crippen molar-refractivity contribution < 1.29 is 0 Å². The molecular weight excluding hydrogens is 242 g/mol. The van der Waals surface area contributed by atoms with Crippen molar-refractivity contribution in [1.29, 1.82) is 0 Å². The van der Waals surface area contributed by atoms with Crippen molar-refractivity contribution in [2.24, 2.45) is 34.5 Å². The number of hydrogen-bond donors (Lipinski definition) is 0. The first-order chi connectivity index (χ1) is 9.48. The largest absolute Gasteiger partial charge is 0.302 e. The lowest BCUT2D eigenvalue weighted by Crippen LogP contribution is -2.52. The fraction of sp³-hybridized carbons (Fsp3) is 1.00. The van der Waals surface area contributed by atoms with Gasteiger partial charge in [0.25, 0.3) is 0 Å². The van der Waals surface area contributed by atoms with E-state index < -0.39 is 0 Å². The second kappa shape index (κ2) is 4.48. The average Bonchev–Trinajstić information content (AvgIpc) is 3.02. The molecule has 3 aliphatic carbocycles. The smallest absolute Gasteiger partial charge is 0.00407 e. The summed E-state index contributed by atoms with van der Waals surface area (Å²) in [5.74, 6) is 4.29. The maximum atomic E-state index is 2.84. The number of fused-ring (bicyclic) bond motifs is 4. The molecule has 1 heterocycles. The number of hydrogen-bond acceptors (Lipinski definition) is 1. The van der Waals surface area contributed by atoms with Gasteiger partial charge in [-0.1, -0.05) is 27.2 Å². The molecule has 1 saturated heterocycles. The van der Waals surface area contributed by atoms with Crippen LogP contribution in [0.5, 0.6) is 0 Å². The van der Waals surface area contributed by atoms with Crippen LogP contribution in [0.1, 0.15) is 65.7 Å². The molecule has 0 radical (unpaired) electrons. The predicted molar refractivity (Wildman–Crippen MR) is 84.6 cm³/mol. The fourth-order valence-corrected chi connectivity index (χ4v) is 6.39. The lowest BCUT2D eigenvalue weighted by Gasteiger charge is -2.50. The van der Waals surface area contributed by atoms with Gasteiger partial charge in [0.2, 0.25) is 0 Å². The predicted octanol–water partition coefficient (Wildman–Crippen LogP) is 4.57. The Balaban J connectivity index is 1.35. The number of piperidine rings is 1. The average molecular weight is 275 g/mol. The highest BCUT2D eigenvalue weighted by Crippen LogP contribution is 2.59. The van der Waals surface area contributed by atoms with E-state index in [0.717, 1.165) is 23.7 Å². The summed E-state index contributed by atoms with van der Waals surface area (Å²) in [5.41, 5.74) is 1.17. The summed E-state index contributed by atoms with van der Waals surface area (Å²) in [4.78, 5) is 2.84. The minimum absolute atomic E-state index is 0.579. The van der Waals surface area contributed by atoms with E-state index in [1.165, 1.54) is 38.9 Å². The van der Waals surface area contributed by atoms with Gasteiger partial charge in [-0.05, 0) is 79.6 Å². The Morgan fingerprint density at radius 2 is 1.90 bits per heavy atom. The zero-order valence-electron chi connectivity index (χ0n) is 13.8. The Morgan fingerprint density at radius 3 is 2.55 bits per heavy atom. The Kier molecular flexibility index (Phi) is 3.05. The highest BCUT2D eigenvalue weighted by atomic mass is 15.2. The molecule has 20 heavy (non-hydrogen) atoms. The van der Waals surface area contributed by atoms with E-state index in [-0.39, 0.29) is 0 Å². The molecule has 0 amide bonds. The molecule has 4 aliphatic rings. The fourth-order valence-electron chi connectivity index (χ4n) is 6.39. The Morgan fingerprint density at radius 1 is 1.05 bits per heavy atom. The minimum atomic E-state index is 0.579. The van der Waals surface area contributed by atoms with Crippen LogP contribution in [0.2, 0.25) is 0 Å². The van der Waals surface area contributed by atoms with E-state index >= 15 is 0 Å². The lowest BCUT2D eigenvalue weighted by atomic mass is 9.63. The van der Waals surface area contributed by atoms with E-state index in [1.807, 2.05) is 0 Å². The van der Waals surface area contributed by atoms with E-state index in [4.69, 9.17) is 0 Å². The van der Waals surface area contributed by atoms with E-state index in [1.54, 1.807) is 25.7 Å². The van der Waals surface area contributed by atoms with Crippen molar-refractivity contribution in [1.82, 2.24) is 4.90 Å². The highest BCUT2D eigenvalue weighted by molar-refractivity contribution is 5.06. The summed E-state index contributed by atoms with van der Waals surface area (Å²) in [6.07, 6.45) is 10.7. The van der Waals surface area contributed by atoms with E-state index in [9.17, 15) is 0 Å². The zero-order chi connectivity index (χ0) is 14.0. The molecule has 4 rings (SSSR count). The topological polar surface area (TPSA) is 3.24 Å². The second-order valence-electron chi connectivity index (χ2n) is 9.48. The quantitative estimate of drug-likeness (QED) is 0.729. The third kappa shape index (κ3) is 1.91. The van der Waals surface area contributed by atoms with Gasteiger partial charge in [0.1, 0.15) is 0 Å². The van der Waals surface area contributed by atoms with Crippen LogP contribution >= 0.6 is 0 Å². The summed E-state index contributed by atoms with van der Waals surface area (Å²) in [6.45, 7) is 11.8. The van der Waals surface area contributed by atoms with Gasteiger partial charge < -0.3 is 4.90 Å². The van der Waals surface area contributed by atoms with Crippen LogP contribution in [0.25, 0.3) is 0 Å². The summed E-state index contributed by atoms with van der Waals surface area (Å²) in [5, 5.41) is 0. The first-order valence-corrected chi connectivity index (χ1v) is 9.20. The van der Waals surface area contributed by atoms with Crippen LogP contribution < -0.4 is 0 Å². The third-order valence-corrected chi connectivity index (χ3v) is 8.37. The molecule has 4 unspecified atom stereocenters. The van der Waals surface area contributed by atoms with Crippen molar-refractivity contribution >= 4 is 0 Å². The van der Waals surface area contributed by atoms with Gasteiger partial charge in [-0.25, -0.2) is 0 Å². The maximum absolute atomic E-state index is 2.84. The molecule has 3 saturated carbocycles. The van der Waals surface area contributed by atoms with Crippen LogP contribution in [0.3, 0.4) is 0 Å². The SMILES string of the molecule is CC1(C)C2CC[C@]1(C)CN(CCC1CC3CCC1C3)C2. The van der Waals surface area contributed by atoms with Gasteiger partial charge in [-0.3, -0.25) is 0 Å². The Bertz CT molecular complexity index is 387. The number of rotatable bonds is 3. The van der Waals surface area contributed by atoms with Gasteiger partial charge in [0.15, 0.2) is 0 Å². The van der Waals surface area contributed by atoms with Gasteiger partial charge >= 0.3 is 0 Å². The monoisotopic (exact) mass is 275 g/mol. The van der Waals surface area contributed by atoms with Crippen molar-refractivity contribution in [2.45, 2.75) is 65.7 Å². The molecule has 4 fully saturated rings. The highest BCUT2D eigenvalue weighted by Gasteiger charge is 2.55. The molecule has 0 aromatic rings. The minimum Gasteiger partial charge on any atom is -0.302 e. The lowest BCUT2D eigenvalue weighted by molar-refractivity contribution is -0.0200. The van der Waals surface area contributed by atoms with Crippen molar-refractivity contribution in [3.63, 3.8) is 0 Å². The molecule has 0 N–H and O–H groups in total. The molecule has 1 aliphatic heterocycles. The van der Waals surface area contributed by atoms with Crippen LogP contribution in [-0.2, 0) is 0 Å². The summed E-state index contributed by atoms with van der Waals surface area (Å²) in [6, 6.07) is 0. The van der Waals surface area contributed by atoms with E-state index in [0.29, 0.717) is 10.8 Å². The van der Waals surface area contributed by atoms with E-state index in [2.05, 4.69) is 25.7 Å². The van der Waals surface area contributed by atoms with Crippen LogP contribution in [0.15, 0.2) is 0 Å². The number of nitrogens with zero attached hydrogens (tertiary/aromatic N) is 1. The molecule has 0 aromatic heterocycles. The maximum Gasteiger partial charge on any atom is 0.00407 e. The first kappa shape index (κ1) is 13.6. The molecule has 0 aromatic carbocycles. The second-order valence-corrected chi connectivity index (χ2v) is 9.48. The molecule has 114 valence electrons.